The van der Waals surface area contributed by atoms with Gasteiger partial charge < -0.3 is 18.7 Å². The number of nitrogens with one attached hydrogen (secondary N) is 1. The second-order valence-corrected chi connectivity index (χ2v) is 9.86. The van der Waals surface area contributed by atoms with Gasteiger partial charge in [0, 0.05) is 22.7 Å². The fourth-order valence-corrected chi connectivity index (χ4v) is 4.98. The van der Waals surface area contributed by atoms with E-state index in [2.05, 4.69) is 15.2 Å². The summed E-state index contributed by atoms with van der Waals surface area (Å²) in [5.74, 6) is -0.753. The molecule has 1 fully saturated rings. The molecular formula is C27H18ClF3N4O7. The van der Waals surface area contributed by atoms with Crippen LogP contribution in [0.15, 0.2) is 63.9 Å². The van der Waals surface area contributed by atoms with Gasteiger partial charge in [-0.2, -0.15) is 0 Å². The monoisotopic (exact) mass is 602 g/mol. The number of imide groups is 1. The molecule has 3 aromatic carbocycles. The molecule has 6 rings (SSSR count). The van der Waals surface area contributed by atoms with E-state index >= 15 is 0 Å². The molecule has 1 atom stereocenters. The third-order valence-corrected chi connectivity index (χ3v) is 7.25. The predicted octanol–water partition coefficient (Wildman–Crippen LogP) is 5.02. The molecule has 42 heavy (non-hydrogen) atoms. The Labute approximate surface area is 237 Å². The van der Waals surface area contributed by atoms with Gasteiger partial charge in [-0.1, -0.05) is 22.8 Å². The van der Waals surface area contributed by atoms with Crippen LogP contribution in [0.25, 0.3) is 27.8 Å². The van der Waals surface area contributed by atoms with Crippen molar-refractivity contribution >= 4 is 45.6 Å². The van der Waals surface area contributed by atoms with Gasteiger partial charge in [0.05, 0.1) is 30.1 Å². The van der Waals surface area contributed by atoms with Crippen molar-refractivity contribution in [2.45, 2.75) is 25.4 Å². The maximum Gasteiger partial charge on any atom is 0.573 e. The Bertz CT molecular complexity index is 1980. The molecule has 15 heteroatoms. The van der Waals surface area contributed by atoms with Gasteiger partial charge in [-0.25, -0.2) is 14.2 Å². The smallest absolute Gasteiger partial charge is 0.497 e. The molecule has 216 valence electrons. The van der Waals surface area contributed by atoms with Crippen LogP contribution in [0, 0.1) is 0 Å². The number of nitrogens with zero attached hydrogens (tertiary/aromatic N) is 3. The number of benzene rings is 3. The van der Waals surface area contributed by atoms with E-state index in [9.17, 15) is 27.6 Å². The molecule has 0 bridgehead atoms. The van der Waals surface area contributed by atoms with Gasteiger partial charge in [0.25, 0.3) is 5.91 Å². The minimum atomic E-state index is -4.97. The number of amides is 2. The number of methoxy groups -OCH3 is 1. The first-order valence-corrected chi connectivity index (χ1v) is 12.5. The van der Waals surface area contributed by atoms with Crippen molar-refractivity contribution in [3.05, 3.63) is 81.2 Å². The molecule has 1 aliphatic rings. The Kier molecular flexibility index (Phi) is 6.18. The summed E-state index contributed by atoms with van der Waals surface area (Å²) in [5.41, 5.74) is -1.14. The van der Waals surface area contributed by atoms with Crippen LogP contribution in [-0.2, 0) is 21.7 Å². The van der Waals surface area contributed by atoms with Gasteiger partial charge in [-0.15, -0.1) is 13.2 Å². The number of imidazole rings is 1. The molecule has 2 aromatic heterocycles. The van der Waals surface area contributed by atoms with Crippen molar-refractivity contribution in [1.29, 1.82) is 0 Å². The zero-order valence-corrected chi connectivity index (χ0v) is 22.4. The summed E-state index contributed by atoms with van der Waals surface area (Å²) < 4.78 is 61.4. The van der Waals surface area contributed by atoms with Gasteiger partial charge in [0.15, 0.2) is 11.4 Å². The van der Waals surface area contributed by atoms with Crippen LogP contribution in [0.2, 0.25) is 5.02 Å². The fraction of sp³-hybridized carbons (Fsp3) is 0.185. The standard InChI is InChI=1S/C27H18ClF3N4O7/c1-26(23(36)32-24(37)41-26)14-3-7-18(28)13(9-14)12-34-19-8-5-16(40-27(29,30)31)10-20(19)35(25(34)38)22-17-6-4-15(39-2)11-21(17)42-33-22/h3-11H,12H2,1-2H3,(H,32,36,37)/t26-/m1/s1. The number of hydrogen-bond acceptors (Lipinski definition) is 8. The molecule has 11 nitrogen and oxygen atoms in total. The Morgan fingerprint density at radius 3 is 2.48 bits per heavy atom. The highest BCUT2D eigenvalue weighted by Gasteiger charge is 2.46. The molecule has 0 aliphatic carbocycles. The summed E-state index contributed by atoms with van der Waals surface area (Å²) in [6.45, 7) is 1.23. The van der Waals surface area contributed by atoms with Crippen LogP contribution in [0.5, 0.6) is 11.5 Å². The molecule has 0 spiro atoms. The highest BCUT2D eigenvalue weighted by Crippen LogP contribution is 2.34. The average Bonchev–Trinajstić information content (AvgIpc) is 3.54. The summed E-state index contributed by atoms with van der Waals surface area (Å²) in [6.07, 6.45) is -5.88. The van der Waals surface area contributed by atoms with Gasteiger partial charge >= 0.3 is 18.1 Å². The minimum Gasteiger partial charge on any atom is -0.497 e. The number of carbonyl (C=O) groups excluding carboxylic acids is 2. The number of aromatic nitrogens is 3. The number of alkyl halides is 3. The Morgan fingerprint density at radius 1 is 1.02 bits per heavy atom. The fourth-order valence-electron chi connectivity index (χ4n) is 4.81. The third-order valence-electron chi connectivity index (χ3n) is 6.88. The van der Waals surface area contributed by atoms with E-state index in [0.717, 1.165) is 16.7 Å². The van der Waals surface area contributed by atoms with Gasteiger partial charge in [0.2, 0.25) is 5.60 Å². The number of ether oxygens (including phenoxy) is 3. The number of carbonyl (C=O) groups is 2. The van der Waals surface area contributed by atoms with E-state index in [-0.39, 0.29) is 34.0 Å². The van der Waals surface area contributed by atoms with Crippen molar-refractivity contribution < 1.29 is 41.5 Å². The van der Waals surface area contributed by atoms with Gasteiger partial charge in [-0.05, 0) is 48.9 Å². The van der Waals surface area contributed by atoms with Gasteiger partial charge in [0.1, 0.15) is 11.5 Å². The summed E-state index contributed by atoms with van der Waals surface area (Å²) in [7, 11) is 1.46. The molecule has 0 unspecified atom stereocenters. The number of alkyl carbamates (subject to hydrolysis) is 1. The van der Waals surface area contributed by atoms with E-state index < -0.39 is 35.4 Å². The third kappa shape index (κ3) is 4.49. The first-order valence-electron chi connectivity index (χ1n) is 12.2. The van der Waals surface area contributed by atoms with Crippen molar-refractivity contribution in [3.8, 4) is 17.3 Å². The van der Waals surface area contributed by atoms with Crippen LogP contribution in [0.4, 0.5) is 18.0 Å². The SMILES string of the molecule is COc1ccc2c(-n3c(=O)n(Cc4cc([C@@]5(C)OC(=O)NC5=O)ccc4Cl)c4ccc(OC(F)(F)F)cc43)noc2c1. The second kappa shape index (κ2) is 9.55. The van der Waals surface area contributed by atoms with E-state index in [4.69, 9.17) is 25.6 Å². The Balaban J connectivity index is 1.53. The molecule has 3 heterocycles. The first kappa shape index (κ1) is 27.2. The summed E-state index contributed by atoms with van der Waals surface area (Å²) >= 11 is 6.46. The van der Waals surface area contributed by atoms with E-state index in [1.807, 2.05) is 0 Å². The number of rotatable bonds is 6. The van der Waals surface area contributed by atoms with Crippen molar-refractivity contribution in [3.63, 3.8) is 0 Å². The minimum absolute atomic E-state index is 0.0208. The number of hydrogen-bond donors (Lipinski definition) is 1. The summed E-state index contributed by atoms with van der Waals surface area (Å²) in [4.78, 5) is 38.1. The average molecular weight is 603 g/mol. The maximum absolute atomic E-state index is 13.9. The lowest BCUT2D eigenvalue weighted by Crippen LogP contribution is -2.33. The van der Waals surface area contributed by atoms with E-state index in [1.54, 1.807) is 18.2 Å². The Hall–Kier alpha value is -4.98. The maximum atomic E-state index is 13.9. The molecule has 0 radical (unpaired) electrons. The molecular weight excluding hydrogens is 585 g/mol. The highest BCUT2D eigenvalue weighted by atomic mass is 35.5. The summed E-state index contributed by atoms with van der Waals surface area (Å²) in [6, 6.07) is 12.7. The zero-order valence-electron chi connectivity index (χ0n) is 21.6. The molecule has 1 saturated heterocycles. The normalized spacial score (nSPS) is 17.1. The quantitative estimate of drug-likeness (QED) is 0.287. The number of halogens is 4. The Morgan fingerprint density at radius 2 is 1.79 bits per heavy atom. The van der Waals surface area contributed by atoms with Crippen molar-refractivity contribution in [2.24, 2.45) is 0 Å². The van der Waals surface area contributed by atoms with Crippen LogP contribution in [0.1, 0.15) is 18.1 Å². The molecule has 0 saturated carbocycles. The van der Waals surface area contributed by atoms with E-state index in [1.165, 1.54) is 42.9 Å². The van der Waals surface area contributed by atoms with Crippen molar-refractivity contribution in [2.75, 3.05) is 7.11 Å². The van der Waals surface area contributed by atoms with Crippen molar-refractivity contribution in [1.82, 2.24) is 19.6 Å². The number of cyclic esters (lactones) is 1. The van der Waals surface area contributed by atoms with Crippen LogP contribution in [-0.4, -0.2) is 39.8 Å². The largest absolute Gasteiger partial charge is 0.573 e. The summed E-state index contributed by atoms with van der Waals surface area (Å²) in [5, 5.41) is 6.71. The molecule has 5 aromatic rings. The van der Waals surface area contributed by atoms with E-state index in [0.29, 0.717) is 22.3 Å². The molecule has 1 N–H and O–H groups in total. The van der Waals surface area contributed by atoms with Crippen LogP contribution >= 0.6 is 11.6 Å². The molecule has 1 aliphatic heterocycles. The van der Waals surface area contributed by atoms with Crippen LogP contribution < -0.4 is 20.5 Å². The second-order valence-electron chi connectivity index (χ2n) is 9.45. The van der Waals surface area contributed by atoms with Gasteiger partial charge in [-0.3, -0.25) is 14.7 Å². The first-order chi connectivity index (χ1) is 19.9. The lowest BCUT2D eigenvalue weighted by molar-refractivity contribution is -0.274. The zero-order chi connectivity index (χ0) is 30.0. The molecule has 2 amide bonds. The predicted molar refractivity (Wildman–Crippen MR) is 141 cm³/mol. The van der Waals surface area contributed by atoms with Crippen LogP contribution in [0.3, 0.4) is 0 Å². The highest BCUT2D eigenvalue weighted by molar-refractivity contribution is 6.31. The number of fused-ring (bicyclic) bond motifs is 2. The topological polar surface area (TPSA) is 127 Å². The lowest BCUT2D eigenvalue weighted by Gasteiger charge is -2.21. The lowest BCUT2D eigenvalue weighted by atomic mass is 9.94.